The van der Waals surface area contributed by atoms with E-state index in [1.807, 2.05) is 34.6 Å². The zero-order valence-corrected chi connectivity index (χ0v) is 49.3. The zero-order valence-electron chi connectivity index (χ0n) is 45.2. The van der Waals surface area contributed by atoms with Crippen LogP contribution in [0.1, 0.15) is 241 Å². The first-order valence-corrected chi connectivity index (χ1v) is 35.1. The lowest BCUT2D eigenvalue weighted by molar-refractivity contribution is -0.409. The van der Waals surface area contributed by atoms with E-state index in [-0.39, 0.29) is 64.2 Å². The molecule has 442 valence electrons. The second-order valence-corrected chi connectivity index (χ2v) is 28.5. The minimum Gasteiger partial charge on any atom is -0.414 e. The number of unbranched alkanes of at least 4 members (excludes halogenated alkanes) is 25. The maximum Gasteiger partial charge on any atom is 0.362 e. The molecule has 0 atom stereocenters. The molecule has 0 unspecified atom stereocenters. The minimum absolute atomic E-state index is 0.0566. The van der Waals surface area contributed by atoms with Crippen LogP contribution in [0.15, 0.2) is 12.2 Å². The highest BCUT2D eigenvalue weighted by atomic mass is 32.2. The summed E-state index contributed by atoms with van der Waals surface area (Å²) in [5, 5.41) is 0. The summed E-state index contributed by atoms with van der Waals surface area (Å²) in [6, 6.07) is 0. The maximum atomic E-state index is 18.5. The molecule has 27 heteroatoms. The first-order chi connectivity index (χ1) is 34.7. The minimum atomic E-state index is -6.47. The van der Waals surface area contributed by atoms with Gasteiger partial charge in [0.15, 0.2) is 0 Å². The SMILES string of the molecule is C=C(CC)C(=O)OC(N(F)S(=O)(=O)CCCCCCCC)(N(F)S(=O)(=O)CCCCCCCC)C(N(F)S(=O)(=O)CCCCCCCC)(N(F)S(=O)(=O)CCCCCCCC)N(F)S(=O)(=O)CCCCCCCC. The molecule has 0 aliphatic heterocycles. The Hall–Kier alpha value is -1.59. The highest BCUT2D eigenvalue weighted by Crippen LogP contribution is 2.51. The van der Waals surface area contributed by atoms with Crippen LogP contribution < -0.4 is 0 Å². The molecule has 0 radical (unpaired) electrons. The van der Waals surface area contributed by atoms with Crippen molar-refractivity contribution < 1.29 is 74.0 Å². The number of sulfonamides is 5. The lowest BCUT2D eigenvalue weighted by Crippen LogP contribution is -2.86. The molecule has 0 aliphatic carbocycles. The Morgan fingerprint density at radius 1 is 0.351 bits per heavy atom. The molecule has 0 aromatic rings. The Labute approximate surface area is 443 Å². The van der Waals surface area contributed by atoms with Crippen molar-refractivity contribution in [3.8, 4) is 0 Å². The third-order valence-electron chi connectivity index (χ3n) is 12.6. The monoisotopic (exact) mass is 1170 g/mol. The van der Waals surface area contributed by atoms with Crippen LogP contribution in [-0.2, 0) is 59.6 Å². The first kappa shape index (κ1) is 72.4. The fourth-order valence-corrected chi connectivity index (χ4v) is 15.0. The number of halogens is 5. The number of hydrogen-bond acceptors (Lipinski definition) is 12. The van der Waals surface area contributed by atoms with E-state index >= 15 is 22.4 Å². The third kappa shape index (κ3) is 22.3. The van der Waals surface area contributed by atoms with Crippen LogP contribution in [0.2, 0.25) is 0 Å². The lowest BCUT2D eigenvalue weighted by atomic mass is 10.1. The third-order valence-corrected chi connectivity index (χ3v) is 20.3. The van der Waals surface area contributed by atoms with E-state index in [2.05, 4.69) is 6.58 Å². The van der Waals surface area contributed by atoms with Gasteiger partial charge in [0.25, 0.3) is 0 Å². The number of hydrogen-bond donors (Lipinski definition) is 0. The van der Waals surface area contributed by atoms with E-state index in [0.29, 0.717) is 83.5 Å². The molecular formula is C47H92F5N5O12S5. The molecule has 0 spiro atoms. The Morgan fingerprint density at radius 3 is 0.743 bits per heavy atom. The Kier molecular flexibility index (Phi) is 35.8. The van der Waals surface area contributed by atoms with Crippen LogP contribution in [0.3, 0.4) is 0 Å². The van der Waals surface area contributed by atoms with Crippen molar-refractivity contribution in [3.63, 3.8) is 0 Å². The molecule has 0 rings (SSSR count). The number of ether oxygens (including phenoxy) is 1. The van der Waals surface area contributed by atoms with Gasteiger partial charge >= 0.3 is 17.6 Å². The van der Waals surface area contributed by atoms with Crippen molar-refractivity contribution in [2.45, 2.75) is 252 Å². The summed E-state index contributed by atoms with van der Waals surface area (Å²) in [6.07, 6.45) is 6.70. The average Bonchev–Trinajstić information content (AvgIpc) is 3.35. The lowest BCUT2D eigenvalue weighted by Gasteiger charge is -2.52. The van der Waals surface area contributed by atoms with E-state index in [1.165, 1.54) is 0 Å². The van der Waals surface area contributed by atoms with Gasteiger partial charge in [-0.1, -0.05) is 209 Å². The second kappa shape index (κ2) is 36.6. The summed E-state index contributed by atoms with van der Waals surface area (Å²) in [6.45, 7) is 13.7. The molecule has 74 heavy (non-hydrogen) atoms. The fourth-order valence-electron chi connectivity index (χ4n) is 8.00. The molecular weight excluding hydrogens is 1080 g/mol. The molecule has 0 aliphatic rings. The van der Waals surface area contributed by atoms with Crippen LogP contribution in [0.5, 0.6) is 0 Å². The molecule has 0 saturated heterocycles. The highest BCUT2D eigenvalue weighted by Gasteiger charge is 2.85. The zero-order chi connectivity index (χ0) is 56.7. The van der Waals surface area contributed by atoms with Gasteiger partial charge in [0.05, 0.1) is 28.8 Å². The Morgan fingerprint density at radius 2 is 0.541 bits per heavy atom. The molecule has 17 nitrogen and oxygen atoms in total. The topological polar surface area (TPSA) is 213 Å². The second-order valence-electron chi connectivity index (χ2n) is 19.1. The van der Waals surface area contributed by atoms with Crippen LogP contribution in [0.4, 0.5) is 22.4 Å². The van der Waals surface area contributed by atoms with E-state index < -0.39 is 163 Å². The van der Waals surface area contributed by atoms with Crippen molar-refractivity contribution in [1.82, 2.24) is 22.6 Å². The van der Waals surface area contributed by atoms with Gasteiger partial charge in [0, 0.05) is 28.2 Å². The molecule has 0 fully saturated rings. The van der Waals surface area contributed by atoms with Crippen LogP contribution in [0.25, 0.3) is 0 Å². The molecule has 0 N–H and O–H groups in total. The predicted molar refractivity (Wildman–Crippen MR) is 282 cm³/mol. The van der Waals surface area contributed by atoms with Crippen LogP contribution in [-0.4, -0.2) is 111 Å². The van der Waals surface area contributed by atoms with Gasteiger partial charge in [-0.05, 0) is 38.5 Å². The van der Waals surface area contributed by atoms with Gasteiger partial charge in [0.1, 0.15) is 0 Å². The largest absolute Gasteiger partial charge is 0.414 e. The van der Waals surface area contributed by atoms with Crippen molar-refractivity contribution >= 4 is 56.1 Å². The molecule has 0 amide bonds. The number of nitrogens with zero attached hydrogens (tertiary/aromatic N) is 5. The molecule has 0 bridgehead atoms. The van der Waals surface area contributed by atoms with Crippen molar-refractivity contribution in [3.05, 3.63) is 12.2 Å². The average molecular weight is 1170 g/mol. The van der Waals surface area contributed by atoms with Crippen molar-refractivity contribution in [2.24, 2.45) is 0 Å². The smallest absolute Gasteiger partial charge is 0.362 e. The van der Waals surface area contributed by atoms with E-state index in [0.717, 1.165) is 19.8 Å². The summed E-state index contributed by atoms with van der Waals surface area (Å²) in [7, 11) is -32.2. The highest BCUT2D eigenvalue weighted by molar-refractivity contribution is 7.91. The van der Waals surface area contributed by atoms with Gasteiger partial charge in [-0.2, -0.15) is 0 Å². The molecule has 0 saturated carbocycles. The number of carbonyl (C=O) groups is 1. The van der Waals surface area contributed by atoms with Crippen molar-refractivity contribution in [2.75, 3.05) is 28.8 Å². The van der Waals surface area contributed by atoms with Gasteiger partial charge < -0.3 is 4.74 Å². The molecule has 0 aromatic heterocycles. The van der Waals surface area contributed by atoms with E-state index in [1.54, 1.807) is 0 Å². The standard InChI is InChI=1S/C47H92F5N5O12S5/c1-8-14-19-24-29-34-39-70(59,60)53(48)46(54(49)71(61,62)40-35-30-25-20-15-9-2,55(50)72(63,64)41-36-31-26-21-16-10-3)47(69-45(58)44(7)13-6,56(51)73(65,66)42-37-32-27-22-17-11-4)57(52)74(67,68)43-38-33-28-23-18-12-5/h7-43H2,1-6H3. The normalized spacial score (nSPS) is 13.6. The predicted octanol–water partition coefficient (Wildman–Crippen LogP) is 12.2. The molecule has 0 heterocycles. The summed E-state index contributed by atoms with van der Waals surface area (Å²) in [5.41, 5.74) is -1.01. The number of esters is 1. The Bertz CT molecular complexity index is 1990. The number of carbonyl (C=O) groups excluding carboxylic acids is 1. The molecule has 0 aromatic carbocycles. The van der Waals surface area contributed by atoms with Crippen molar-refractivity contribution in [1.29, 1.82) is 0 Å². The quantitative estimate of drug-likeness (QED) is 0.0139. The van der Waals surface area contributed by atoms with Crippen LogP contribution in [0, 0.1) is 0 Å². The summed E-state index contributed by atoms with van der Waals surface area (Å²) in [4.78, 5) is 14.2. The summed E-state index contributed by atoms with van der Waals surface area (Å²) < 4.78 is 231. The fraction of sp³-hybridized carbons (Fsp3) is 0.936. The summed E-state index contributed by atoms with van der Waals surface area (Å²) >= 11 is 0. The van der Waals surface area contributed by atoms with Gasteiger partial charge in [0.2, 0.25) is 50.1 Å². The first-order valence-electron chi connectivity index (χ1n) is 27.0. The van der Waals surface area contributed by atoms with Gasteiger partial charge in [-0.25, -0.2) is 46.9 Å². The summed E-state index contributed by atoms with van der Waals surface area (Å²) in [5.74, 6) is -22.9. The van der Waals surface area contributed by atoms with Crippen LogP contribution >= 0.6 is 0 Å². The van der Waals surface area contributed by atoms with Gasteiger partial charge in [-0.15, -0.1) is 22.4 Å². The van der Waals surface area contributed by atoms with E-state index in [9.17, 15) is 46.9 Å². The maximum absolute atomic E-state index is 18.5. The van der Waals surface area contributed by atoms with Gasteiger partial charge in [-0.3, -0.25) is 0 Å². The number of rotatable bonds is 49. The Balaban J connectivity index is 9.53. The van der Waals surface area contributed by atoms with E-state index in [4.69, 9.17) is 4.74 Å².